The van der Waals surface area contributed by atoms with E-state index in [1.54, 1.807) is 0 Å². The first-order chi connectivity index (χ1) is 18.6. The Hall–Kier alpha value is -3.96. The Morgan fingerprint density at radius 1 is 1.23 bits per heavy atom. The summed E-state index contributed by atoms with van der Waals surface area (Å²) in [4.78, 5) is 45.2. The molecule has 0 bridgehead atoms. The van der Waals surface area contributed by atoms with Crippen molar-refractivity contribution in [3.05, 3.63) is 59.8 Å². The maximum atomic E-state index is 12.9. The second-order valence-electron chi connectivity index (χ2n) is 10.0. The first kappa shape index (κ1) is 28.1. The number of likely N-dealkylation sites (N-methyl/N-ethyl adjacent to an activating group) is 1. The largest absolute Gasteiger partial charge is 0.480 e. The van der Waals surface area contributed by atoms with Crippen LogP contribution in [0.2, 0.25) is 0 Å². The molecule has 0 unspecified atom stereocenters. The van der Waals surface area contributed by atoms with E-state index in [0.29, 0.717) is 11.7 Å². The van der Waals surface area contributed by atoms with Gasteiger partial charge in [-0.1, -0.05) is 18.2 Å². The van der Waals surface area contributed by atoms with E-state index >= 15 is 0 Å². The number of hydrogen-bond donors (Lipinski definition) is 4. The van der Waals surface area contributed by atoms with Gasteiger partial charge in [-0.05, 0) is 50.1 Å². The van der Waals surface area contributed by atoms with Crippen LogP contribution in [0.5, 0.6) is 0 Å². The summed E-state index contributed by atoms with van der Waals surface area (Å²) < 4.78 is 1.35. The van der Waals surface area contributed by atoms with Crippen molar-refractivity contribution >= 4 is 34.3 Å². The van der Waals surface area contributed by atoms with Crippen LogP contribution < -0.4 is 5.73 Å². The second-order valence-corrected chi connectivity index (χ2v) is 10.0. The number of benzene rings is 1. The highest BCUT2D eigenvalue weighted by Gasteiger charge is 2.36. The summed E-state index contributed by atoms with van der Waals surface area (Å²) >= 11 is 0. The SMILES string of the molecule is CCN(CC)C(=O)[C@@H]1C=C2c3cccc4[nH]cc(c34)C[C@H]2N(C)C1.N[C@@H](Cc1cn(CC(=O)O)cn1)C(=O)O. The molecule has 5 rings (SSSR count). The van der Waals surface area contributed by atoms with Crippen molar-refractivity contribution in [2.24, 2.45) is 11.7 Å². The molecule has 0 fully saturated rings. The summed E-state index contributed by atoms with van der Waals surface area (Å²) in [5.74, 6) is -1.88. The van der Waals surface area contributed by atoms with Crippen LogP contribution in [-0.4, -0.2) is 91.2 Å². The number of H-pyrrole nitrogens is 1. The summed E-state index contributed by atoms with van der Waals surface area (Å²) in [5, 5.41) is 18.4. The molecule has 1 aliphatic carbocycles. The lowest BCUT2D eigenvalue weighted by Crippen LogP contribution is -2.47. The Morgan fingerprint density at radius 3 is 2.64 bits per heavy atom. The molecule has 1 aliphatic heterocycles. The lowest BCUT2D eigenvalue weighted by molar-refractivity contribution is -0.139. The predicted octanol–water partition coefficient (Wildman–Crippen LogP) is 1.83. The number of carboxylic acid groups (broad SMARTS) is 2. The standard InChI is InChI=1S/C20H25N3O.C8H11N3O4/c1-4-23(5-2)20(24)14-9-16-15-7-6-8-17-19(15)13(11-21-17)10-18(16)22(3)12-14;9-6(8(14)15)1-5-2-11(4-10-5)3-7(12)13/h6-9,11,14,18,21H,4-5,10,12H2,1-3H3;2,4,6H,1,3,9H2,(H,12,13)(H,14,15)/t14-,18-;6-/m10/s1. The third-order valence-electron chi connectivity index (χ3n) is 7.41. The number of rotatable bonds is 8. The van der Waals surface area contributed by atoms with Gasteiger partial charge in [0.25, 0.3) is 0 Å². The van der Waals surface area contributed by atoms with Crippen LogP contribution in [0.4, 0.5) is 0 Å². The van der Waals surface area contributed by atoms with Gasteiger partial charge in [0, 0.05) is 55.4 Å². The topological polar surface area (TPSA) is 158 Å². The zero-order valence-electron chi connectivity index (χ0n) is 22.5. The number of aliphatic carboxylic acids is 2. The van der Waals surface area contributed by atoms with E-state index in [1.165, 1.54) is 44.7 Å². The molecule has 208 valence electrons. The maximum Gasteiger partial charge on any atom is 0.323 e. The summed E-state index contributed by atoms with van der Waals surface area (Å²) in [5.41, 5.74) is 11.0. The number of aromatic amines is 1. The maximum absolute atomic E-state index is 12.9. The van der Waals surface area contributed by atoms with Crippen LogP contribution in [0.15, 0.2) is 43.0 Å². The van der Waals surface area contributed by atoms with E-state index in [9.17, 15) is 14.4 Å². The first-order valence-corrected chi connectivity index (χ1v) is 13.1. The number of carbonyl (C=O) groups excluding carboxylic acids is 1. The minimum absolute atomic E-state index is 0.0445. The van der Waals surface area contributed by atoms with E-state index < -0.39 is 18.0 Å². The molecule has 39 heavy (non-hydrogen) atoms. The van der Waals surface area contributed by atoms with Crippen LogP contribution in [0.3, 0.4) is 0 Å². The van der Waals surface area contributed by atoms with Gasteiger partial charge in [0.1, 0.15) is 12.6 Å². The third-order valence-corrected chi connectivity index (χ3v) is 7.41. The summed E-state index contributed by atoms with van der Waals surface area (Å²) in [6.45, 7) is 6.27. The second kappa shape index (κ2) is 11.8. The molecule has 11 heteroatoms. The molecule has 0 spiro atoms. The van der Waals surface area contributed by atoms with Gasteiger partial charge in [0.05, 0.1) is 17.9 Å². The molecule has 3 heterocycles. The van der Waals surface area contributed by atoms with Gasteiger partial charge in [-0.2, -0.15) is 0 Å². The van der Waals surface area contributed by atoms with Crippen molar-refractivity contribution in [2.75, 3.05) is 26.7 Å². The number of imidazole rings is 1. The molecular weight excluding hydrogens is 500 g/mol. The molecule has 0 saturated carbocycles. The smallest absolute Gasteiger partial charge is 0.323 e. The van der Waals surface area contributed by atoms with Gasteiger partial charge < -0.3 is 30.4 Å². The minimum atomic E-state index is -1.11. The van der Waals surface area contributed by atoms with Crippen LogP contribution in [0.25, 0.3) is 16.5 Å². The average molecular weight is 537 g/mol. The Kier molecular flexibility index (Phi) is 8.51. The Morgan fingerprint density at radius 2 is 1.97 bits per heavy atom. The average Bonchev–Trinajstić information content (AvgIpc) is 3.52. The number of nitrogens with zero attached hydrogens (tertiary/aromatic N) is 4. The zero-order chi connectivity index (χ0) is 28.3. The Bertz CT molecular complexity index is 1390. The van der Waals surface area contributed by atoms with Crippen molar-refractivity contribution in [1.29, 1.82) is 0 Å². The van der Waals surface area contributed by atoms with Gasteiger partial charge in [0.15, 0.2) is 0 Å². The van der Waals surface area contributed by atoms with E-state index in [0.717, 1.165) is 26.1 Å². The number of hydrogen-bond acceptors (Lipinski definition) is 6. The van der Waals surface area contributed by atoms with Crippen LogP contribution in [0, 0.1) is 5.92 Å². The summed E-state index contributed by atoms with van der Waals surface area (Å²) in [6.07, 6.45) is 8.30. The van der Waals surface area contributed by atoms with E-state index in [1.807, 2.05) is 4.90 Å². The van der Waals surface area contributed by atoms with Crippen LogP contribution >= 0.6 is 0 Å². The fourth-order valence-corrected chi connectivity index (χ4v) is 5.44. The fourth-order valence-electron chi connectivity index (χ4n) is 5.44. The number of carbonyl (C=O) groups is 3. The molecule has 1 amide bonds. The van der Waals surface area contributed by atoms with E-state index in [2.05, 4.69) is 66.2 Å². The lowest BCUT2D eigenvalue weighted by atomic mass is 9.79. The monoisotopic (exact) mass is 536 g/mol. The van der Waals surface area contributed by atoms with E-state index in [-0.39, 0.29) is 24.8 Å². The Balaban J connectivity index is 0.000000204. The number of nitrogens with one attached hydrogen (secondary N) is 1. The molecule has 2 aliphatic rings. The van der Waals surface area contributed by atoms with Crippen LogP contribution in [0.1, 0.15) is 30.7 Å². The number of nitrogens with two attached hydrogens (primary N) is 1. The van der Waals surface area contributed by atoms with Crippen molar-refractivity contribution in [1.82, 2.24) is 24.3 Å². The first-order valence-electron chi connectivity index (χ1n) is 13.1. The van der Waals surface area contributed by atoms with Gasteiger partial charge >= 0.3 is 11.9 Å². The molecule has 0 radical (unpaired) electrons. The molecule has 0 saturated heterocycles. The summed E-state index contributed by atoms with van der Waals surface area (Å²) in [6, 6.07) is 5.80. The molecule has 2 aromatic heterocycles. The molecule has 11 nitrogen and oxygen atoms in total. The normalized spacial score (nSPS) is 18.9. The van der Waals surface area contributed by atoms with Crippen molar-refractivity contribution in [2.45, 2.75) is 45.3 Å². The van der Waals surface area contributed by atoms with Crippen molar-refractivity contribution < 1.29 is 24.6 Å². The number of carboxylic acids is 2. The molecule has 3 atom stereocenters. The van der Waals surface area contributed by atoms with Crippen LogP contribution in [-0.2, 0) is 33.8 Å². The highest BCUT2D eigenvalue weighted by molar-refractivity contribution is 5.99. The van der Waals surface area contributed by atoms with Crippen molar-refractivity contribution in [3.8, 4) is 0 Å². The van der Waals surface area contributed by atoms with Gasteiger partial charge in [0.2, 0.25) is 5.91 Å². The van der Waals surface area contributed by atoms with Gasteiger partial charge in [-0.15, -0.1) is 0 Å². The van der Waals surface area contributed by atoms with Crippen molar-refractivity contribution in [3.63, 3.8) is 0 Å². The molecule has 5 N–H and O–H groups in total. The van der Waals surface area contributed by atoms with Gasteiger partial charge in [-0.25, -0.2) is 4.98 Å². The number of amides is 1. The summed E-state index contributed by atoms with van der Waals surface area (Å²) in [7, 11) is 2.15. The predicted molar refractivity (Wildman–Crippen MR) is 147 cm³/mol. The highest BCUT2D eigenvalue weighted by atomic mass is 16.4. The lowest BCUT2D eigenvalue weighted by Gasteiger charge is -2.40. The fraction of sp³-hybridized carbons (Fsp3) is 0.429. The quantitative estimate of drug-likeness (QED) is 0.340. The third kappa shape index (κ3) is 6.04. The number of aromatic nitrogens is 3. The number of fused-ring (bicyclic) bond motifs is 2. The Labute approximate surface area is 226 Å². The van der Waals surface area contributed by atoms with E-state index in [4.69, 9.17) is 15.9 Å². The highest BCUT2D eigenvalue weighted by Crippen LogP contribution is 2.40. The minimum Gasteiger partial charge on any atom is -0.480 e. The van der Waals surface area contributed by atoms with Gasteiger partial charge in [-0.3, -0.25) is 19.3 Å². The molecule has 3 aromatic rings. The zero-order valence-corrected chi connectivity index (χ0v) is 22.5. The molecular formula is C28H36N6O5. The molecule has 1 aromatic carbocycles.